The number of ether oxygens (including phenoxy) is 2. The van der Waals surface area contributed by atoms with Crippen molar-refractivity contribution in [1.29, 1.82) is 0 Å². The molecule has 1 aromatic rings. The summed E-state index contributed by atoms with van der Waals surface area (Å²) in [6, 6.07) is 2.37. The first kappa shape index (κ1) is 15.2. The maximum atomic E-state index is 11.2. The Morgan fingerprint density at radius 2 is 2.11 bits per heavy atom. The Morgan fingerprint density at radius 1 is 1.42 bits per heavy atom. The van der Waals surface area contributed by atoms with E-state index in [0.29, 0.717) is 6.61 Å². The zero-order valence-corrected chi connectivity index (χ0v) is 11.4. The van der Waals surface area contributed by atoms with Gasteiger partial charge in [0.05, 0.1) is 24.7 Å². The van der Waals surface area contributed by atoms with Crippen LogP contribution < -0.4 is 9.47 Å². The number of nitro groups is 1. The van der Waals surface area contributed by atoms with Crippen LogP contribution in [-0.2, 0) is 0 Å². The minimum Gasteiger partial charge on any atom is -0.493 e. The van der Waals surface area contributed by atoms with Crippen LogP contribution in [0.15, 0.2) is 12.1 Å². The molecule has 0 aliphatic carbocycles. The molecule has 0 fully saturated rings. The van der Waals surface area contributed by atoms with Gasteiger partial charge in [-0.3, -0.25) is 14.9 Å². The van der Waals surface area contributed by atoms with Crippen LogP contribution in [0, 0.1) is 10.1 Å². The van der Waals surface area contributed by atoms with Gasteiger partial charge in [-0.05, 0) is 18.0 Å². The van der Waals surface area contributed by atoms with Crippen LogP contribution in [0.4, 0.5) is 5.69 Å². The van der Waals surface area contributed by atoms with Gasteiger partial charge in [0.1, 0.15) is 5.56 Å². The maximum absolute atomic E-state index is 11.2. The zero-order chi connectivity index (χ0) is 14.4. The molecule has 19 heavy (non-hydrogen) atoms. The molecule has 0 amide bonds. The van der Waals surface area contributed by atoms with E-state index in [9.17, 15) is 14.9 Å². The molecule has 0 bridgehead atoms. The van der Waals surface area contributed by atoms with Gasteiger partial charge >= 0.3 is 0 Å². The summed E-state index contributed by atoms with van der Waals surface area (Å²) in [5.74, 6) is 0.468. The number of rotatable bonds is 7. The van der Waals surface area contributed by atoms with E-state index >= 15 is 0 Å². The van der Waals surface area contributed by atoms with Gasteiger partial charge in [0.25, 0.3) is 10.9 Å². The van der Waals surface area contributed by atoms with Crippen molar-refractivity contribution in [1.82, 2.24) is 0 Å². The van der Waals surface area contributed by atoms with Crippen molar-refractivity contribution in [3.05, 3.63) is 27.8 Å². The molecule has 1 rings (SSSR count). The number of methoxy groups -OCH3 is 1. The minimum absolute atomic E-state index is 0.216. The third-order valence-corrected chi connectivity index (χ3v) is 2.65. The van der Waals surface area contributed by atoms with E-state index in [2.05, 4.69) is 0 Å². The third-order valence-electron chi connectivity index (χ3n) is 2.45. The lowest BCUT2D eigenvalue weighted by atomic mass is 10.1. The van der Waals surface area contributed by atoms with E-state index in [4.69, 9.17) is 21.1 Å². The van der Waals surface area contributed by atoms with Crippen molar-refractivity contribution in [3.63, 3.8) is 0 Å². The average Bonchev–Trinajstić information content (AvgIpc) is 2.38. The molecule has 0 aliphatic heterocycles. The topological polar surface area (TPSA) is 78.7 Å². The van der Waals surface area contributed by atoms with Gasteiger partial charge in [-0.1, -0.05) is 13.3 Å². The number of benzene rings is 1. The lowest BCUT2D eigenvalue weighted by molar-refractivity contribution is -0.385. The van der Waals surface area contributed by atoms with Crippen LogP contribution in [-0.4, -0.2) is 23.9 Å². The Kier molecular flexibility index (Phi) is 5.57. The molecule has 0 N–H and O–H groups in total. The predicted molar refractivity (Wildman–Crippen MR) is 70.2 cm³/mol. The predicted octanol–water partition coefficient (Wildman–Crippen LogP) is 3.16. The van der Waals surface area contributed by atoms with Crippen LogP contribution in [0.1, 0.15) is 30.1 Å². The van der Waals surface area contributed by atoms with Crippen molar-refractivity contribution in [2.45, 2.75) is 19.8 Å². The molecule has 0 heterocycles. The molecule has 104 valence electrons. The fraction of sp³-hybridized carbons (Fsp3) is 0.417. The zero-order valence-electron chi connectivity index (χ0n) is 10.6. The number of hydrogen-bond acceptors (Lipinski definition) is 5. The first-order chi connectivity index (χ1) is 9.01. The van der Waals surface area contributed by atoms with Crippen LogP contribution >= 0.6 is 11.6 Å². The smallest absolute Gasteiger partial charge is 0.285 e. The highest BCUT2D eigenvalue weighted by Crippen LogP contribution is 2.35. The van der Waals surface area contributed by atoms with Gasteiger partial charge < -0.3 is 9.47 Å². The fourth-order valence-corrected chi connectivity index (χ4v) is 1.61. The maximum Gasteiger partial charge on any atom is 0.285 e. The summed E-state index contributed by atoms with van der Waals surface area (Å²) in [5.41, 5.74) is -0.612. The van der Waals surface area contributed by atoms with Gasteiger partial charge in [0, 0.05) is 6.07 Å². The van der Waals surface area contributed by atoms with Gasteiger partial charge in [0.2, 0.25) is 0 Å². The first-order valence-corrected chi connectivity index (χ1v) is 6.08. The van der Waals surface area contributed by atoms with E-state index in [-0.39, 0.29) is 17.1 Å². The second-order valence-electron chi connectivity index (χ2n) is 3.75. The molecule has 0 atom stereocenters. The normalized spacial score (nSPS) is 10.1. The number of nitro benzene ring substituents is 1. The summed E-state index contributed by atoms with van der Waals surface area (Å²) in [6.07, 6.45) is 1.75. The molecule has 1 aromatic carbocycles. The SMILES string of the molecule is CCCCOc1cc([N+](=O)[O-])c(C(=O)Cl)cc1OC. The van der Waals surface area contributed by atoms with Crippen molar-refractivity contribution in [3.8, 4) is 11.5 Å². The molecule has 0 aromatic heterocycles. The molecule has 0 radical (unpaired) electrons. The average molecular weight is 288 g/mol. The molecule has 7 heteroatoms. The molecule has 0 spiro atoms. The van der Waals surface area contributed by atoms with Crippen molar-refractivity contribution in [2.75, 3.05) is 13.7 Å². The lowest BCUT2D eigenvalue weighted by Crippen LogP contribution is -2.04. The molecule has 0 saturated carbocycles. The Hall–Kier alpha value is -1.82. The van der Waals surface area contributed by atoms with E-state index in [1.54, 1.807) is 0 Å². The Morgan fingerprint density at radius 3 is 2.58 bits per heavy atom. The standard InChI is InChI=1S/C12H14ClNO5/c1-3-4-5-19-11-7-9(14(16)17)8(12(13)15)6-10(11)18-2/h6-7H,3-5H2,1-2H3. The van der Waals surface area contributed by atoms with Crippen LogP contribution in [0.25, 0.3) is 0 Å². The van der Waals surface area contributed by atoms with Crippen molar-refractivity contribution in [2.24, 2.45) is 0 Å². The highest BCUT2D eigenvalue weighted by molar-refractivity contribution is 6.68. The molecule has 0 aliphatic rings. The first-order valence-electron chi connectivity index (χ1n) is 5.70. The number of carbonyl (C=O) groups excluding carboxylic acids is 1. The number of carbonyl (C=O) groups is 1. The summed E-state index contributed by atoms with van der Waals surface area (Å²) < 4.78 is 10.5. The number of hydrogen-bond donors (Lipinski definition) is 0. The van der Waals surface area contributed by atoms with Crippen LogP contribution in [0.2, 0.25) is 0 Å². The van der Waals surface area contributed by atoms with Gasteiger partial charge in [-0.25, -0.2) is 0 Å². The summed E-state index contributed by atoms with van der Waals surface area (Å²) >= 11 is 5.32. The van der Waals surface area contributed by atoms with Crippen molar-refractivity contribution < 1.29 is 19.2 Å². The second-order valence-corrected chi connectivity index (χ2v) is 4.10. The van der Waals surface area contributed by atoms with E-state index in [0.717, 1.165) is 18.9 Å². The monoisotopic (exact) mass is 287 g/mol. The van der Waals surface area contributed by atoms with E-state index in [1.807, 2.05) is 6.92 Å². The minimum atomic E-state index is -0.912. The van der Waals surface area contributed by atoms with Crippen LogP contribution in [0.5, 0.6) is 11.5 Å². The number of halogens is 1. The number of unbranched alkanes of at least 4 members (excludes halogenated alkanes) is 1. The molecule has 6 nitrogen and oxygen atoms in total. The van der Waals surface area contributed by atoms with E-state index in [1.165, 1.54) is 13.2 Å². The van der Waals surface area contributed by atoms with Gasteiger partial charge in [0.15, 0.2) is 11.5 Å². The molecular weight excluding hydrogens is 274 g/mol. The highest BCUT2D eigenvalue weighted by atomic mass is 35.5. The highest BCUT2D eigenvalue weighted by Gasteiger charge is 2.23. The second kappa shape index (κ2) is 6.94. The van der Waals surface area contributed by atoms with Crippen LogP contribution in [0.3, 0.4) is 0 Å². The lowest BCUT2D eigenvalue weighted by Gasteiger charge is -2.11. The van der Waals surface area contributed by atoms with E-state index < -0.39 is 15.9 Å². The Labute approximate surface area is 115 Å². The summed E-state index contributed by atoms with van der Waals surface area (Å²) in [7, 11) is 1.39. The van der Waals surface area contributed by atoms with Crippen molar-refractivity contribution >= 4 is 22.5 Å². The molecular formula is C12H14ClNO5. The summed E-state index contributed by atoms with van der Waals surface area (Å²) in [4.78, 5) is 21.4. The molecule has 0 saturated heterocycles. The van der Waals surface area contributed by atoms with Gasteiger partial charge in [-0.15, -0.1) is 0 Å². The Balaban J connectivity index is 3.19. The Bertz CT molecular complexity index is 489. The largest absolute Gasteiger partial charge is 0.493 e. The quantitative estimate of drug-likeness (QED) is 0.333. The summed E-state index contributed by atoms with van der Waals surface area (Å²) in [6.45, 7) is 2.41. The number of nitrogens with zero attached hydrogens (tertiary/aromatic N) is 1. The fourth-order valence-electron chi connectivity index (χ4n) is 1.46. The van der Waals surface area contributed by atoms with Gasteiger partial charge in [-0.2, -0.15) is 0 Å². The third kappa shape index (κ3) is 3.82. The molecule has 0 unspecified atom stereocenters. The summed E-state index contributed by atoms with van der Waals surface area (Å²) in [5, 5.41) is 9.99.